The number of urea groups is 1. The van der Waals surface area contributed by atoms with Crippen LogP contribution in [0.15, 0.2) is 0 Å². The summed E-state index contributed by atoms with van der Waals surface area (Å²) in [5, 5.41) is 8.41. The number of carbonyl (C=O) groups excluding carboxylic acids is 2. The molecule has 0 bridgehead atoms. The molecular weight excluding hydrogens is 256 g/mol. The predicted molar refractivity (Wildman–Crippen MR) is 79.6 cm³/mol. The average molecular weight is 284 g/mol. The Labute approximate surface area is 121 Å². The minimum atomic E-state index is -0.414. The van der Waals surface area contributed by atoms with E-state index in [9.17, 15) is 9.59 Å². The predicted octanol–water partition coefficient (Wildman–Crippen LogP) is 0.685. The smallest absolute Gasteiger partial charge is 0.321 e. The number of amides is 3. The molecule has 1 aliphatic heterocycles. The molecular formula is C14H28N4O2. The summed E-state index contributed by atoms with van der Waals surface area (Å²) in [6.07, 6.45) is 3.25. The summed E-state index contributed by atoms with van der Waals surface area (Å²) >= 11 is 0. The number of hydrogen-bond donors (Lipinski definition) is 3. The second-order valence-electron chi connectivity index (χ2n) is 5.65. The van der Waals surface area contributed by atoms with Crippen molar-refractivity contribution in [2.75, 3.05) is 26.2 Å². The van der Waals surface area contributed by atoms with Crippen molar-refractivity contribution in [2.45, 2.75) is 52.1 Å². The standard InChI is InChI=1S/C14H28N4O2/c1-4-8-18(12-6-5-7-15-9-12)10-13(19)17-14(20)16-11(2)3/h11-12,15H,4-10H2,1-3H3,(H2,16,17,19,20). The molecule has 0 spiro atoms. The molecule has 3 amide bonds. The topological polar surface area (TPSA) is 73.5 Å². The van der Waals surface area contributed by atoms with Gasteiger partial charge in [0.1, 0.15) is 0 Å². The van der Waals surface area contributed by atoms with Gasteiger partial charge in [0, 0.05) is 18.6 Å². The van der Waals surface area contributed by atoms with E-state index in [1.54, 1.807) is 0 Å². The van der Waals surface area contributed by atoms with Crippen molar-refractivity contribution in [1.29, 1.82) is 0 Å². The maximum atomic E-state index is 11.9. The van der Waals surface area contributed by atoms with Gasteiger partial charge >= 0.3 is 6.03 Å². The molecule has 1 unspecified atom stereocenters. The van der Waals surface area contributed by atoms with Gasteiger partial charge in [0.25, 0.3) is 0 Å². The average Bonchev–Trinajstić information content (AvgIpc) is 2.38. The minimum Gasteiger partial charge on any atom is -0.336 e. The van der Waals surface area contributed by atoms with Gasteiger partial charge in [-0.25, -0.2) is 4.79 Å². The highest BCUT2D eigenvalue weighted by atomic mass is 16.2. The van der Waals surface area contributed by atoms with Gasteiger partial charge in [-0.1, -0.05) is 6.92 Å². The van der Waals surface area contributed by atoms with E-state index in [1.165, 1.54) is 0 Å². The normalized spacial score (nSPS) is 19.1. The number of nitrogens with zero attached hydrogens (tertiary/aromatic N) is 1. The van der Waals surface area contributed by atoms with E-state index in [1.807, 2.05) is 13.8 Å². The molecule has 0 aromatic carbocycles. The number of imide groups is 1. The van der Waals surface area contributed by atoms with E-state index in [2.05, 4.69) is 27.8 Å². The fourth-order valence-corrected chi connectivity index (χ4v) is 2.47. The third-order valence-electron chi connectivity index (χ3n) is 3.32. The van der Waals surface area contributed by atoms with Gasteiger partial charge in [0.2, 0.25) is 5.91 Å². The molecule has 0 aromatic heterocycles. The second kappa shape index (κ2) is 8.92. The fourth-order valence-electron chi connectivity index (χ4n) is 2.47. The van der Waals surface area contributed by atoms with Gasteiger partial charge in [-0.15, -0.1) is 0 Å². The number of piperidine rings is 1. The molecule has 1 rings (SSSR count). The van der Waals surface area contributed by atoms with Gasteiger partial charge in [0.15, 0.2) is 0 Å². The van der Waals surface area contributed by atoms with Crippen LogP contribution in [0.2, 0.25) is 0 Å². The van der Waals surface area contributed by atoms with E-state index in [0.717, 1.165) is 38.9 Å². The van der Waals surface area contributed by atoms with E-state index < -0.39 is 6.03 Å². The molecule has 1 atom stereocenters. The van der Waals surface area contributed by atoms with Crippen molar-refractivity contribution < 1.29 is 9.59 Å². The Kier molecular flexibility index (Phi) is 7.54. The van der Waals surface area contributed by atoms with Crippen molar-refractivity contribution in [3.8, 4) is 0 Å². The van der Waals surface area contributed by atoms with Crippen LogP contribution in [-0.4, -0.2) is 55.1 Å². The molecule has 1 fully saturated rings. The molecule has 1 saturated heterocycles. The number of rotatable bonds is 6. The first-order valence-electron chi connectivity index (χ1n) is 7.58. The van der Waals surface area contributed by atoms with Crippen LogP contribution in [-0.2, 0) is 4.79 Å². The van der Waals surface area contributed by atoms with E-state index in [4.69, 9.17) is 0 Å². The van der Waals surface area contributed by atoms with Crippen LogP contribution in [0, 0.1) is 0 Å². The van der Waals surface area contributed by atoms with Crippen LogP contribution in [0.3, 0.4) is 0 Å². The summed E-state index contributed by atoms with van der Waals surface area (Å²) in [5.74, 6) is -0.234. The Morgan fingerprint density at radius 2 is 2.15 bits per heavy atom. The maximum absolute atomic E-state index is 11.9. The highest BCUT2D eigenvalue weighted by Crippen LogP contribution is 2.10. The Morgan fingerprint density at radius 1 is 1.40 bits per heavy atom. The fraction of sp³-hybridized carbons (Fsp3) is 0.857. The van der Waals surface area contributed by atoms with Crippen molar-refractivity contribution in [2.24, 2.45) is 0 Å². The van der Waals surface area contributed by atoms with Crippen LogP contribution < -0.4 is 16.0 Å². The van der Waals surface area contributed by atoms with Crippen molar-refractivity contribution in [1.82, 2.24) is 20.9 Å². The van der Waals surface area contributed by atoms with Gasteiger partial charge < -0.3 is 10.6 Å². The summed E-state index contributed by atoms with van der Waals surface area (Å²) in [4.78, 5) is 25.6. The number of carbonyl (C=O) groups is 2. The van der Waals surface area contributed by atoms with Crippen molar-refractivity contribution >= 4 is 11.9 Å². The van der Waals surface area contributed by atoms with Crippen molar-refractivity contribution in [3.63, 3.8) is 0 Å². The number of hydrogen-bond acceptors (Lipinski definition) is 4. The number of nitrogens with one attached hydrogen (secondary N) is 3. The SMILES string of the molecule is CCCN(CC(=O)NC(=O)NC(C)C)C1CCCNC1. The molecule has 3 N–H and O–H groups in total. The first-order chi connectivity index (χ1) is 9.52. The minimum absolute atomic E-state index is 0.0251. The molecule has 1 aliphatic rings. The van der Waals surface area contributed by atoms with Crippen LogP contribution in [0.25, 0.3) is 0 Å². The summed E-state index contributed by atoms with van der Waals surface area (Å²) in [6, 6.07) is 0.00270. The van der Waals surface area contributed by atoms with Crippen LogP contribution in [0.1, 0.15) is 40.0 Å². The molecule has 20 heavy (non-hydrogen) atoms. The van der Waals surface area contributed by atoms with Crippen LogP contribution in [0.5, 0.6) is 0 Å². The molecule has 6 heteroatoms. The first-order valence-corrected chi connectivity index (χ1v) is 7.58. The zero-order valence-corrected chi connectivity index (χ0v) is 12.9. The lowest BCUT2D eigenvalue weighted by Crippen LogP contribution is -2.51. The quantitative estimate of drug-likeness (QED) is 0.671. The Morgan fingerprint density at radius 3 is 2.70 bits per heavy atom. The zero-order chi connectivity index (χ0) is 15.0. The monoisotopic (exact) mass is 284 g/mol. The molecule has 0 saturated carbocycles. The lowest BCUT2D eigenvalue weighted by atomic mass is 10.1. The molecule has 0 aromatic rings. The summed E-state index contributed by atoms with van der Waals surface area (Å²) in [5.41, 5.74) is 0. The summed E-state index contributed by atoms with van der Waals surface area (Å²) in [7, 11) is 0. The van der Waals surface area contributed by atoms with E-state index in [-0.39, 0.29) is 18.5 Å². The van der Waals surface area contributed by atoms with Gasteiger partial charge in [-0.2, -0.15) is 0 Å². The third-order valence-corrected chi connectivity index (χ3v) is 3.32. The van der Waals surface area contributed by atoms with E-state index in [0.29, 0.717) is 6.04 Å². The Hall–Kier alpha value is -1.14. The summed E-state index contributed by atoms with van der Waals surface area (Å²) in [6.45, 7) is 8.97. The maximum Gasteiger partial charge on any atom is 0.321 e. The Bertz CT molecular complexity index is 314. The highest BCUT2D eigenvalue weighted by molar-refractivity contribution is 5.95. The van der Waals surface area contributed by atoms with Crippen molar-refractivity contribution in [3.05, 3.63) is 0 Å². The highest BCUT2D eigenvalue weighted by Gasteiger charge is 2.22. The zero-order valence-electron chi connectivity index (χ0n) is 12.9. The van der Waals surface area contributed by atoms with Gasteiger partial charge in [-0.05, 0) is 46.2 Å². The van der Waals surface area contributed by atoms with E-state index >= 15 is 0 Å². The summed E-state index contributed by atoms with van der Waals surface area (Å²) < 4.78 is 0. The lowest BCUT2D eigenvalue weighted by molar-refractivity contribution is -0.121. The van der Waals surface area contributed by atoms with Gasteiger partial charge in [0.05, 0.1) is 6.54 Å². The Balaban J connectivity index is 2.43. The van der Waals surface area contributed by atoms with Crippen LogP contribution in [0.4, 0.5) is 4.79 Å². The third kappa shape index (κ3) is 6.34. The largest absolute Gasteiger partial charge is 0.336 e. The lowest BCUT2D eigenvalue weighted by Gasteiger charge is -2.33. The molecule has 0 aliphatic carbocycles. The van der Waals surface area contributed by atoms with Crippen LogP contribution >= 0.6 is 0 Å². The molecule has 1 heterocycles. The molecule has 116 valence electrons. The van der Waals surface area contributed by atoms with Gasteiger partial charge in [-0.3, -0.25) is 15.0 Å². The first kappa shape index (κ1) is 16.9. The molecule has 6 nitrogen and oxygen atoms in total. The second-order valence-corrected chi connectivity index (χ2v) is 5.65. The molecule has 0 radical (unpaired) electrons.